The van der Waals surface area contributed by atoms with Crippen LogP contribution in [0.3, 0.4) is 0 Å². The minimum atomic E-state index is 0.635. The summed E-state index contributed by atoms with van der Waals surface area (Å²) in [4.78, 5) is 5.75. The van der Waals surface area contributed by atoms with E-state index in [1.54, 1.807) is 11.3 Å². The van der Waals surface area contributed by atoms with Gasteiger partial charge >= 0.3 is 0 Å². The Kier molecular flexibility index (Phi) is 7.99. The second-order valence-electron chi connectivity index (χ2n) is 6.94. The van der Waals surface area contributed by atoms with Crippen molar-refractivity contribution in [1.29, 1.82) is 0 Å². The number of hydrogen-bond donors (Lipinski definition) is 1. The molecule has 0 aliphatic carbocycles. The molecule has 150 valence electrons. The quantitative estimate of drug-likeness (QED) is 0.532. The molecule has 0 saturated heterocycles. The molecule has 0 saturated carbocycles. The van der Waals surface area contributed by atoms with E-state index in [0.717, 1.165) is 56.1 Å². The van der Waals surface area contributed by atoms with Crippen molar-refractivity contribution >= 4 is 27.7 Å². The molecule has 27 heavy (non-hydrogen) atoms. The molecule has 0 amide bonds. The standard InChI is InChI=1S/C22H35N3OS/c1-7-10-12-24-18(6)25(13-15-26-14-9-3)22-20(19(24)11-8-2)16(4)21(27-22)17(5)23/h11H,5-10,12-15,23H2,1-4H3/b19-11-. The SMILES string of the molecule is C=C(N)c1sc2c(c1C)/C(=C/CC)N(CCCC)C(=C)N2CCOCCC. The van der Waals surface area contributed by atoms with Crippen LogP contribution in [0, 0.1) is 6.92 Å². The number of allylic oxidation sites excluding steroid dienone is 1. The van der Waals surface area contributed by atoms with Crippen molar-refractivity contribution in [2.24, 2.45) is 5.73 Å². The van der Waals surface area contributed by atoms with Crippen molar-refractivity contribution in [2.75, 3.05) is 31.2 Å². The second kappa shape index (κ2) is 10.00. The Hall–Kier alpha value is -1.72. The number of nitrogens with zero attached hydrogens (tertiary/aromatic N) is 2. The number of fused-ring (bicyclic) bond motifs is 1. The van der Waals surface area contributed by atoms with E-state index < -0.39 is 0 Å². The zero-order valence-corrected chi connectivity index (χ0v) is 18.3. The third kappa shape index (κ3) is 4.58. The summed E-state index contributed by atoms with van der Waals surface area (Å²) in [7, 11) is 0. The predicted molar refractivity (Wildman–Crippen MR) is 120 cm³/mol. The lowest BCUT2D eigenvalue weighted by atomic mass is 10.0. The largest absolute Gasteiger partial charge is 0.398 e. The monoisotopic (exact) mass is 389 g/mol. The molecule has 2 rings (SSSR count). The molecule has 2 heterocycles. The summed E-state index contributed by atoms with van der Waals surface area (Å²) in [5, 5.41) is 1.21. The molecule has 1 aliphatic rings. The molecule has 0 spiro atoms. The first-order chi connectivity index (χ1) is 13.0. The number of nitrogens with two attached hydrogens (primary N) is 1. The van der Waals surface area contributed by atoms with Gasteiger partial charge in [-0.15, -0.1) is 11.3 Å². The van der Waals surface area contributed by atoms with Crippen LogP contribution in [0.1, 0.15) is 62.5 Å². The van der Waals surface area contributed by atoms with Gasteiger partial charge in [0.1, 0.15) is 10.8 Å². The van der Waals surface area contributed by atoms with Crippen LogP contribution >= 0.6 is 11.3 Å². The molecule has 0 unspecified atom stereocenters. The van der Waals surface area contributed by atoms with E-state index in [-0.39, 0.29) is 0 Å². The summed E-state index contributed by atoms with van der Waals surface area (Å²) in [5.41, 5.74) is 10.5. The molecular weight excluding hydrogens is 354 g/mol. The number of unbranched alkanes of at least 4 members (excludes halogenated alkanes) is 1. The Morgan fingerprint density at radius 2 is 1.89 bits per heavy atom. The lowest BCUT2D eigenvalue weighted by molar-refractivity contribution is 0.141. The highest BCUT2D eigenvalue weighted by Gasteiger charge is 2.33. The molecule has 0 aromatic carbocycles. The van der Waals surface area contributed by atoms with Crippen molar-refractivity contribution in [2.45, 2.75) is 53.4 Å². The third-order valence-corrected chi connectivity index (χ3v) is 6.17. The summed E-state index contributed by atoms with van der Waals surface area (Å²) in [5.74, 6) is 1.03. The third-order valence-electron chi connectivity index (χ3n) is 4.78. The van der Waals surface area contributed by atoms with E-state index in [4.69, 9.17) is 10.5 Å². The Labute approximate surface area is 169 Å². The fourth-order valence-electron chi connectivity index (χ4n) is 3.44. The van der Waals surface area contributed by atoms with Crippen LogP contribution in [0.2, 0.25) is 0 Å². The fraction of sp³-hybridized carbons (Fsp3) is 0.545. The van der Waals surface area contributed by atoms with Crippen LogP contribution in [0.4, 0.5) is 5.00 Å². The molecule has 2 N–H and O–H groups in total. The summed E-state index contributed by atoms with van der Waals surface area (Å²) >= 11 is 1.72. The van der Waals surface area contributed by atoms with Crippen LogP contribution in [0.15, 0.2) is 25.1 Å². The van der Waals surface area contributed by atoms with Crippen molar-refractivity contribution in [3.05, 3.63) is 41.1 Å². The maximum atomic E-state index is 6.10. The number of hydrogen-bond acceptors (Lipinski definition) is 5. The van der Waals surface area contributed by atoms with E-state index in [0.29, 0.717) is 12.3 Å². The minimum Gasteiger partial charge on any atom is -0.398 e. The van der Waals surface area contributed by atoms with Crippen molar-refractivity contribution in [1.82, 2.24) is 4.90 Å². The Bertz CT molecular complexity index is 705. The van der Waals surface area contributed by atoms with E-state index in [1.807, 2.05) is 0 Å². The van der Waals surface area contributed by atoms with Crippen LogP contribution in [0.5, 0.6) is 0 Å². The molecule has 1 aliphatic heterocycles. The fourth-order valence-corrected chi connectivity index (χ4v) is 4.68. The minimum absolute atomic E-state index is 0.635. The molecule has 5 heteroatoms. The van der Waals surface area contributed by atoms with Crippen molar-refractivity contribution < 1.29 is 4.74 Å². The molecule has 4 nitrogen and oxygen atoms in total. The van der Waals surface area contributed by atoms with Crippen molar-refractivity contribution in [3.8, 4) is 0 Å². The van der Waals surface area contributed by atoms with E-state index in [2.05, 4.69) is 56.7 Å². The van der Waals surface area contributed by atoms with Crippen molar-refractivity contribution in [3.63, 3.8) is 0 Å². The van der Waals surface area contributed by atoms with Gasteiger partial charge in [0.15, 0.2) is 0 Å². The van der Waals surface area contributed by atoms with Gasteiger partial charge in [-0.2, -0.15) is 0 Å². The molecular formula is C22H35N3OS. The van der Waals surface area contributed by atoms with Crippen LogP contribution in [0.25, 0.3) is 11.4 Å². The molecule has 1 aromatic heterocycles. The maximum Gasteiger partial charge on any atom is 0.107 e. The first-order valence-electron chi connectivity index (χ1n) is 10.1. The number of anilines is 1. The first-order valence-corrected chi connectivity index (χ1v) is 10.9. The van der Waals surface area contributed by atoms with Gasteiger partial charge in [-0.1, -0.05) is 46.4 Å². The van der Waals surface area contributed by atoms with Gasteiger partial charge in [0.05, 0.1) is 11.5 Å². The molecule has 0 radical (unpaired) electrons. The highest BCUT2D eigenvalue weighted by molar-refractivity contribution is 7.17. The number of ether oxygens (including phenoxy) is 1. The summed E-state index contributed by atoms with van der Waals surface area (Å²) in [6, 6.07) is 0. The average molecular weight is 390 g/mol. The van der Waals surface area contributed by atoms with E-state index in [9.17, 15) is 0 Å². The Morgan fingerprint density at radius 1 is 1.15 bits per heavy atom. The zero-order valence-electron chi connectivity index (χ0n) is 17.4. The lowest BCUT2D eigenvalue weighted by Gasteiger charge is -2.41. The Balaban J connectivity index is 2.50. The van der Waals surface area contributed by atoms with Gasteiger partial charge in [-0.25, -0.2) is 0 Å². The highest BCUT2D eigenvalue weighted by Crippen LogP contribution is 2.48. The van der Waals surface area contributed by atoms with Crippen LogP contribution in [-0.2, 0) is 4.74 Å². The normalized spacial score (nSPS) is 15.6. The van der Waals surface area contributed by atoms with Crippen LogP contribution < -0.4 is 10.6 Å². The highest BCUT2D eigenvalue weighted by atomic mass is 32.1. The topological polar surface area (TPSA) is 41.7 Å². The second-order valence-corrected chi connectivity index (χ2v) is 7.94. The summed E-state index contributed by atoms with van der Waals surface area (Å²) in [6.45, 7) is 20.4. The molecule has 0 fully saturated rings. The molecule has 1 aromatic rings. The average Bonchev–Trinajstić information content (AvgIpc) is 2.98. The van der Waals surface area contributed by atoms with Gasteiger partial charge in [-0.05, 0) is 31.7 Å². The van der Waals surface area contributed by atoms with E-state index >= 15 is 0 Å². The number of thiophene rings is 1. The first kappa shape index (κ1) is 21.6. The molecule has 0 atom stereocenters. The van der Waals surface area contributed by atoms with Gasteiger partial charge in [0.2, 0.25) is 0 Å². The summed E-state index contributed by atoms with van der Waals surface area (Å²) < 4.78 is 5.77. The maximum absolute atomic E-state index is 6.10. The smallest absolute Gasteiger partial charge is 0.107 e. The van der Waals surface area contributed by atoms with Gasteiger partial charge in [0, 0.05) is 36.7 Å². The van der Waals surface area contributed by atoms with Gasteiger partial charge < -0.3 is 20.3 Å². The number of rotatable bonds is 10. The molecule has 0 bridgehead atoms. The zero-order chi connectivity index (χ0) is 20.0. The summed E-state index contributed by atoms with van der Waals surface area (Å²) in [6.07, 6.45) is 6.62. The predicted octanol–water partition coefficient (Wildman–Crippen LogP) is 5.56. The van der Waals surface area contributed by atoms with E-state index in [1.165, 1.54) is 21.8 Å². The van der Waals surface area contributed by atoms with Gasteiger partial charge in [0.25, 0.3) is 0 Å². The lowest BCUT2D eigenvalue weighted by Crippen LogP contribution is -2.40. The Morgan fingerprint density at radius 3 is 2.48 bits per heavy atom. The van der Waals surface area contributed by atoms with Gasteiger partial charge in [-0.3, -0.25) is 0 Å². The van der Waals surface area contributed by atoms with Crippen LogP contribution in [-0.4, -0.2) is 31.2 Å².